The number of carbonyl (C=O) groups excluding carboxylic acids is 2. The number of benzene rings is 1. The largest absolute Gasteiger partial charge is 0.459 e. The Bertz CT molecular complexity index is 1040. The highest BCUT2D eigenvalue weighted by Gasteiger charge is 2.36. The maximum atomic E-state index is 13.6. The summed E-state index contributed by atoms with van der Waals surface area (Å²) in [5.74, 6) is -0.400. The molecule has 0 spiro atoms. The molecule has 3 aromatic rings. The lowest BCUT2D eigenvalue weighted by molar-refractivity contribution is -0.123. The number of hydrogen-bond donors (Lipinski definition) is 1. The predicted molar refractivity (Wildman–Crippen MR) is 119 cm³/mol. The summed E-state index contributed by atoms with van der Waals surface area (Å²) < 4.78 is 5.41. The van der Waals surface area contributed by atoms with E-state index in [1.54, 1.807) is 30.6 Å². The standard InChI is InChI=1S/C25H27N3O3/c1-17-11-12-21(15-18(17)2)28(25(30)22-10-6-14-31-22)23(19-7-5-13-26-16-19)24(29)27-20-8-3-4-9-20/h5-7,10-16,20,23H,3-4,8-9H2,1-2H3,(H,27,29)/t23-/m1/s1. The summed E-state index contributed by atoms with van der Waals surface area (Å²) in [4.78, 5) is 32.9. The van der Waals surface area contributed by atoms with E-state index in [-0.39, 0.29) is 23.6 Å². The highest BCUT2D eigenvalue weighted by Crippen LogP contribution is 2.31. The van der Waals surface area contributed by atoms with E-state index in [0.29, 0.717) is 11.3 Å². The molecule has 1 aliphatic rings. The number of furan rings is 1. The van der Waals surface area contributed by atoms with Gasteiger partial charge in [-0.3, -0.25) is 19.5 Å². The molecule has 6 nitrogen and oxygen atoms in total. The van der Waals surface area contributed by atoms with E-state index in [9.17, 15) is 9.59 Å². The number of nitrogens with one attached hydrogen (secondary N) is 1. The first-order valence-corrected chi connectivity index (χ1v) is 10.7. The number of hydrogen-bond acceptors (Lipinski definition) is 4. The van der Waals surface area contributed by atoms with Crippen molar-refractivity contribution in [2.75, 3.05) is 4.90 Å². The number of aromatic nitrogens is 1. The van der Waals surface area contributed by atoms with Gasteiger partial charge in [0.15, 0.2) is 5.76 Å². The molecule has 1 fully saturated rings. The lowest BCUT2D eigenvalue weighted by Crippen LogP contribution is -2.46. The fourth-order valence-corrected chi connectivity index (χ4v) is 4.08. The van der Waals surface area contributed by atoms with Crippen molar-refractivity contribution in [2.45, 2.75) is 51.6 Å². The van der Waals surface area contributed by atoms with Gasteiger partial charge in [0.25, 0.3) is 5.91 Å². The summed E-state index contributed by atoms with van der Waals surface area (Å²) in [6.45, 7) is 4.01. The van der Waals surface area contributed by atoms with Crippen LogP contribution in [0, 0.1) is 13.8 Å². The van der Waals surface area contributed by atoms with Crippen LogP contribution in [-0.4, -0.2) is 22.8 Å². The molecule has 2 aromatic heterocycles. The van der Waals surface area contributed by atoms with Crippen LogP contribution in [0.1, 0.15) is 59.0 Å². The predicted octanol–water partition coefficient (Wildman–Crippen LogP) is 4.74. The van der Waals surface area contributed by atoms with Crippen molar-refractivity contribution in [1.29, 1.82) is 0 Å². The van der Waals surface area contributed by atoms with Gasteiger partial charge < -0.3 is 9.73 Å². The minimum Gasteiger partial charge on any atom is -0.459 e. The van der Waals surface area contributed by atoms with Gasteiger partial charge in [-0.2, -0.15) is 0 Å². The third-order valence-electron chi connectivity index (χ3n) is 5.93. The molecular weight excluding hydrogens is 390 g/mol. The van der Waals surface area contributed by atoms with Crippen LogP contribution in [0.3, 0.4) is 0 Å². The van der Waals surface area contributed by atoms with Crippen LogP contribution in [0.2, 0.25) is 0 Å². The molecule has 0 saturated heterocycles. The molecule has 1 N–H and O–H groups in total. The first kappa shape index (κ1) is 20.8. The summed E-state index contributed by atoms with van der Waals surface area (Å²) in [5, 5.41) is 3.16. The molecule has 1 aliphatic carbocycles. The van der Waals surface area contributed by atoms with Gasteiger partial charge in [0, 0.05) is 29.7 Å². The van der Waals surface area contributed by atoms with Crippen LogP contribution >= 0.6 is 0 Å². The van der Waals surface area contributed by atoms with Crippen molar-refractivity contribution >= 4 is 17.5 Å². The number of nitrogens with zero attached hydrogens (tertiary/aromatic N) is 2. The molecule has 1 atom stereocenters. The molecule has 2 heterocycles. The Morgan fingerprint density at radius 1 is 1.10 bits per heavy atom. The quantitative estimate of drug-likeness (QED) is 0.629. The van der Waals surface area contributed by atoms with Crippen LogP contribution in [0.15, 0.2) is 65.5 Å². The molecule has 1 saturated carbocycles. The van der Waals surface area contributed by atoms with Gasteiger partial charge in [0.2, 0.25) is 5.91 Å². The summed E-state index contributed by atoms with van der Waals surface area (Å²) in [6, 6.07) is 11.9. The highest BCUT2D eigenvalue weighted by atomic mass is 16.3. The van der Waals surface area contributed by atoms with E-state index in [4.69, 9.17) is 4.42 Å². The average Bonchev–Trinajstić information content (AvgIpc) is 3.48. The van der Waals surface area contributed by atoms with Crippen molar-refractivity contribution in [3.05, 3.63) is 83.6 Å². The minimum absolute atomic E-state index is 0.131. The molecule has 0 aliphatic heterocycles. The molecule has 4 rings (SSSR count). The van der Waals surface area contributed by atoms with Gasteiger partial charge >= 0.3 is 0 Å². The Labute approximate surface area is 182 Å². The van der Waals surface area contributed by atoms with Crippen molar-refractivity contribution in [3.8, 4) is 0 Å². The first-order chi connectivity index (χ1) is 15.0. The lowest BCUT2D eigenvalue weighted by atomic mass is 10.0. The molecule has 31 heavy (non-hydrogen) atoms. The molecule has 160 valence electrons. The summed E-state index contributed by atoms with van der Waals surface area (Å²) >= 11 is 0. The van der Waals surface area contributed by atoms with E-state index in [0.717, 1.165) is 36.8 Å². The van der Waals surface area contributed by atoms with Crippen LogP contribution in [0.25, 0.3) is 0 Å². The Morgan fingerprint density at radius 3 is 2.55 bits per heavy atom. The number of carbonyl (C=O) groups is 2. The van der Waals surface area contributed by atoms with Gasteiger partial charge in [-0.1, -0.05) is 25.0 Å². The minimum atomic E-state index is -0.867. The highest BCUT2D eigenvalue weighted by molar-refractivity contribution is 6.08. The lowest BCUT2D eigenvalue weighted by Gasteiger charge is -2.32. The van der Waals surface area contributed by atoms with Crippen LogP contribution in [-0.2, 0) is 4.79 Å². The van der Waals surface area contributed by atoms with E-state index >= 15 is 0 Å². The summed E-state index contributed by atoms with van der Waals surface area (Å²) in [6.07, 6.45) is 8.89. The van der Waals surface area contributed by atoms with Gasteiger partial charge in [-0.25, -0.2) is 0 Å². The number of pyridine rings is 1. The van der Waals surface area contributed by atoms with Crippen molar-refractivity contribution in [3.63, 3.8) is 0 Å². The second kappa shape index (κ2) is 9.16. The van der Waals surface area contributed by atoms with Gasteiger partial charge in [0.05, 0.1) is 6.26 Å². The maximum Gasteiger partial charge on any atom is 0.294 e. The third-order valence-corrected chi connectivity index (χ3v) is 5.93. The third kappa shape index (κ3) is 4.53. The smallest absolute Gasteiger partial charge is 0.294 e. The Morgan fingerprint density at radius 2 is 1.90 bits per heavy atom. The van der Waals surface area contributed by atoms with Crippen LogP contribution in [0.4, 0.5) is 5.69 Å². The monoisotopic (exact) mass is 417 g/mol. The maximum absolute atomic E-state index is 13.6. The van der Waals surface area contributed by atoms with Crippen molar-refractivity contribution in [1.82, 2.24) is 10.3 Å². The van der Waals surface area contributed by atoms with E-state index in [2.05, 4.69) is 10.3 Å². The first-order valence-electron chi connectivity index (χ1n) is 10.7. The Kier molecular flexibility index (Phi) is 6.16. The number of anilines is 1. The average molecular weight is 418 g/mol. The van der Waals surface area contributed by atoms with E-state index in [1.807, 2.05) is 38.1 Å². The van der Waals surface area contributed by atoms with Crippen LogP contribution < -0.4 is 10.2 Å². The zero-order valence-electron chi connectivity index (χ0n) is 17.9. The number of rotatable bonds is 6. The fraction of sp³-hybridized carbons (Fsp3) is 0.320. The molecule has 0 unspecified atom stereocenters. The summed E-state index contributed by atoms with van der Waals surface area (Å²) in [7, 11) is 0. The fourth-order valence-electron chi connectivity index (χ4n) is 4.08. The van der Waals surface area contributed by atoms with Gasteiger partial charge in [0.1, 0.15) is 6.04 Å². The number of aryl methyl sites for hydroxylation is 2. The molecule has 2 amide bonds. The van der Waals surface area contributed by atoms with Crippen molar-refractivity contribution in [2.24, 2.45) is 0 Å². The number of amides is 2. The normalized spacial score (nSPS) is 14.9. The summed E-state index contributed by atoms with van der Waals surface area (Å²) in [5.41, 5.74) is 3.44. The SMILES string of the molecule is Cc1ccc(N(C(=O)c2ccco2)[C@@H](C(=O)NC2CCCC2)c2cccnc2)cc1C. The van der Waals surface area contributed by atoms with Crippen molar-refractivity contribution < 1.29 is 14.0 Å². The molecule has 0 radical (unpaired) electrons. The molecular formula is C25H27N3O3. The van der Waals surface area contributed by atoms with Gasteiger partial charge in [-0.15, -0.1) is 0 Å². The second-order valence-electron chi connectivity index (χ2n) is 8.10. The van der Waals surface area contributed by atoms with Crippen LogP contribution in [0.5, 0.6) is 0 Å². The zero-order chi connectivity index (χ0) is 21.8. The second-order valence-corrected chi connectivity index (χ2v) is 8.10. The zero-order valence-corrected chi connectivity index (χ0v) is 17.9. The van der Waals surface area contributed by atoms with E-state index in [1.165, 1.54) is 11.2 Å². The molecule has 1 aromatic carbocycles. The van der Waals surface area contributed by atoms with Gasteiger partial charge in [-0.05, 0) is 68.1 Å². The molecule has 0 bridgehead atoms. The Hall–Kier alpha value is -3.41. The van der Waals surface area contributed by atoms with E-state index < -0.39 is 6.04 Å². The Balaban J connectivity index is 1.81. The molecule has 6 heteroatoms. The topological polar surface area (TPSA) is 75.4 Å².